The number of methoxy groups -OCH3 is 1. The number of thiazole rings is 1. The Balaban J connectivity index is 2.46. The Bertz CT molecular complexity index is 559. The number of aromatic nitrogens is 1. The van der Waals surface area contributed by atoms with Crippen LogP contribution in [-0.4, -0.2) is 12.1 Å². The summed E-state index contributed by atoms with van der Waals surface area (Å²) >= 11 is 4.75. The Labute approximate surface area is 105 Å². The van der Waals surface area contributed by atoms with E-state index in [9.17, 15) is 0 Å². The molecule has 0 spiro atoms. The van der Waals surface area contributed by atoms with E-state index in [-0.39, 0.29) is 0 Å². The molecule has 5 heteroatoms. The number of halogens is 1. The lowest BCUT2D eigenvalue weighted by Crippen LogP contribution is -1.83. The molecular formula is C11H7BrN2OS. The molecule has 0 aliphatic carbocycles. The molecule has 1 heterocycles. The molecule has 0 aliphatic heterocycles. The summed E-state index contributed by atoms with van der Waals surface area (Å²) in [6, 6.07) is 9.64. The summed E-state index contributed by atoms with van der Waals surface area (Å²) in [5, 5.41) is 9.63. The highest BCUT2D eigenvalue weighted by atomic mass is 79.9. The Morgan fingerprint density at radius 1 is 1.50 bits per heavy atom. The van der Waals surface area contributed by atoms with E-state index < -0.39 is 0 Å². The number of ether oxygens (including phenoxy) is 1. The fourth-order valence-electron chi connectivity index (χ4n) is 1.25. The highest BCUT2D eigenvalue weighted by Crippen LogP contribution is 2.32. The van der Waals surface area contributed by atoms with Crippen molar-refractivity contribution in [2.24, 2.45) is 0 Å². The average Bonchev–Trinajstić information content (AvgIpc) is 2.71. The minimum atomic E-state index is 0.419. The number of hydrogen-bond donors (Lipinski definition) is 0. The molecule has 80 valence electrons. The number of nitrogens with zero attached hydrogens (tertiary/aromatic N) is 2. The minimum absolute atomic E-state index is 0.419. The molecule has 0 amide bonds. The lowest BCUT2D eigenvalue weighted by molar-refractivity contribution is 0.415. The van der Waals surface area contributed by atoms with Gasteiger partial charge < -0.3 is 4.74 Å². The Morgan fingerprint density at radius 3 is 2.94 bits per heavy atom. The standard InChI is InChI=1S/C11H7BrN2OS/c1-15-8-4-2-3-7(5-8)11-14-9(6-13)10(12)16-11/h2-5H,1H3. The van der Waals surface area contributed by atoms with Gasteiger partial charge in [0.15, 0.2) is 5.69 Å². The zero-order valence-corrected chi connectivity index (χ0v) is 10.8. The van der Waals surface area contributed by atoms with Crippen LogP contribution >= 0.6 is 27.3 Å². The van der Waals surface area contributed by atoms with Crippen LogP contribution in [0.25, 0.3) is 10.6 Å². The van der Waals surface area contributed by atoms with Gasteiger partial charge in [-0.1, -0.05) is 12.1 Å². The molecule has 2 aromatic rings. The van der Waals surface area contributed by atoms with E-state index in [0.29, 0.717) is 5.69 Å². The molecule has 16 heavy (non-hydrogen) atoms. The lowest BCUT2D eigenvalue weighted by Gasteiger charge is -2.00. The summed E-state index contributed by atoms with van der Waals surface area (Å²) in [7, 11) is 1.62. The second-order valence-corrected chi connectivity index (χ2v) is 5.30. The van der Waals surface area contributed by atoms with Gasteiger partial charge in [0.05, 0.1) is 7.11 Å². The van der Waals surface area contributed by atoms with Gasteiger partial charge in [0.2, 0.25) is 0 Å². The summed E-state index contributed by atoms with van der Waals surface area (Å²) in [5.41, 5.74) is 1.37. The van der Waals surface area contributed by atoms with E-state index in [1.807, 2.05) is 30.3 Å². The van der Waals surface area contributed by atoms with Gasteiger partial charge in [-0.2, -0.15) is 5.26 Å². The van der Waals surface area contributed by atoms with Gasteiger partial charge in [0, 0.05) is 5.56 Å². The van der Waals surface area contributed by atoms with Gasteiger partial charge in [-0.05, 0) is 28.1 Å². The SMILES string of the molecule is COc1cccc(-c2nc(C#N)c(Br)s2)c1. The second-order valence-electron chi connectivity index (χ2n) is 2.99. The van der Waals surface area contributed by atoms with Gasteiger partial charge in [0.1, 0.15) is 20.6 Å². The van der Waals surface area contributed by atoms with Crippen LogP contribution in [-0.2, 0) is 0 Å². The molecule has 2 rings (SSSR count). The van der Waals surface area contributed by atoms with Crippen molar-refractivity contribution in [2.45, 2.75) is 0 Å². The molecule has 0 unspecified atom stereocenters. The molecule has 0 aliphatic rings. The van der Waals surface area contributed by atoms with E-state index in [2.05, 4.69) is 20.9 Å². The number of nitriles is 1. The minimum Gasteiger partial charge on any atom is -0.497 e. The van der Waals surface area contributed by atoms with Crippen LogP contribution in [0.2, 0.25) is 0 Å². The molecule has 1 aromatic heterocycles. The molecule has 1 aromatic carbocycles. The topological polar surface area (TPSA) is 45.9 Å². The van der Waals surface area contributed by atoms with Crippen LogP contribution in [0, 0.1) is 11.3 Å². The van der Waals surface area contributed by atoms with Crippen molar-refractivity contribution in [1.29, 1.82) is 5.26 Å². The molecule has 0 saturated carbocycles. The summed E-state index contributed by atoms with van der Waals surface area (Å²) in [6.45, 7) is 0. The van der Waals surface area contributed by atoms with Gasteiger partial charge in [-0.15, -0.1) is 11.3 Å². The van der Waals surface area contributed by atoms with Crippen LogP contribution < -0.4 is 4.74 Å². The highest BCUT2D eigenvalue weighted by molar-refractivity contribution is 9.11. The Morgan fingerprint density at radius 2 is 2.31 bits per heavy atom. The predicted octanol–water partition coefficient (Wildman–Crippen LogP) is 3.45. The number of rotatable bonds is 2. The van der Waals surface area contributed by atoms with Gasteiger partial charge >= 0.3 is 0 Å². The quantitative estimate of drug-likeness (QED) is 0.852. The van der Waals surface area contributed by atoms with Crippen molar-refractivity contribution in [3.8, 4) is 22.4 Å². The fourth-order valence-corrected chi connectivity index (χ4v) is 2.63. The maximum atomic E-state index is 8.82. The second kappa shape index (κ2) is 4.64. The number of hydrogen-bond acceptors (Lipinski definition) is 4. The van der Waals surface area contributed by atoms with Crippen LogP contribution in [0.3, 0.4) is 0 Å². The highest BCUT2D eigenvalue weighted by Gasteiger charge is 2.10. The zero-order chi connectivity index (χ0) is 11.5. The van der Waals surface area contributed by atoms with Crippen molar-refractivity contribution < 1.29 is 4.74 Å². The third-order valence-electron chi connectivity index (χ3n) is 2.01. The van der Waals surface area contributed by atoms with Crippen molar-refractivity contribution >= 4 is 27.3 Å². The maximum absolute atomic E-state index is 8.82. The molecule has 0 fully saturated rings. The van der Waals surface area contributed by atoms with E-state index in [0.717, 1.165) is 20.1 Å². The third-order valence-corrected chi connectivity index (χ3v) is 3.76. The first-order valence-electron chi connectivity index (χ1n) is 4.45. The van der Waals surface area contributed by atoms with Crippen molar-refractivity contribution in [3.05, 3.63) is 33.7 Å². The van der Waals surface area contributed by atoms with E-state index in [1.54, 1.807) is 7.11 Å². The normalized spacial score (nSPS) is 9.81. The monoisotopic (exact) mass is 294 g/mol. The molecule has 0 bridgehead atoms. The van der Waals surface area contributed by atoms with E-state index in [4.69, 9.17) is 10.00 Å². The van der Waals surface area contributed by atoms with E-state index >= 15 is 0 Å². The Hall–Kier alpha value is -1.38. The van der Waals surface area contributed by atoms with E-state index in [1.165, 1.54) is 11.3 Å². The summed E-state index contributed by atoms with van der Waals surface area (Å²) < 4.78 is 5.90. The lowest BCUT2D eigenvalue weighted by atomic mass is 10.2. The van der Waals surface area contributed by atoms with Gasteiger partial charge in [0.25, 0.3) is 0 Å². The predicted molar refractivity (Wildman–Crippen MR) is 66.5 cm³/mol. The summed E-state index contributed by atoms with van der Waals surface area (Å²) in [4.78, 5) is 4.23. The summed E-state index contributed by atoms with van der Waals surface area (Å²) in [5.74, 6) is 0.780. The van der Waals surface area contributed by atoms with Gasteiger partial charge in [-0.3, -0.25) is 0 Å². The fraction of sp³-hybridized carbons (Fsp3) is 0.0909. The van der Waals surface area contributed by atoms with Gasteiger partial charge in [-0.25, -0.2) is 4.98 Å². The molecular weight excluding hydrogens is 288 g/mol. The average molecular weight is 295 g/mol. The van der Waals surface area contributed by atoms with Crippen LogP contribution in [0.1, 0.15) is 5.69 Å². The number of benzene rings is 1. The molecule has 0 radical (unpaired) electrons. The smallest absolute Gasteiger partial charge is 0.166 e. The van der Waals surface area contributed by atoms with Crippen LogP contribution in [0.15, 0.2) is 28.1 Å². The first-order chi connectivity index (χ1) is 7.74. The maximum Gasteiger partial charge on any atom is 0.166 e. The largest absolute Gasteiger partial charge is 0.497 e. The van der Waals surface area contributed by atoms with Crippen molar-refractivity contribution in [3.63, 3.8) is 0 Å². The van der Waals surface area contributed by atoms with Crippen LogP contribution in [0.5, 0.6) is 5.75 Å². The zero-order valence-electron chi connectivity index (χ0n) is 8.40. The Kier molecular flexibility index (Phi) is 3.22. The molecule has 0 saturated heterocycles. The summed E-state index contributed by atoms with van der Waals surface area (Å²) in [6.07, 6.45) is 0. The van der Waals surface area contributed by atoms with Crippen LogP contribution in [0.4, 0.5) is 0 Å². The third kappa shape index (κ3) is 2.08. The van der Waals surface area contributed by atoms with Crippen molar-refractivity contribution in [1.82, 2.24) is 4.98 Å². The first kappa shape index (κ1) is 11.1. The van der Waals surface area contributed by atoms with Crippen molar-refractivity contribution in [2.75, 3.05) is 7.11 Å². The molecule has 3 nitrogen and oxygen atoms in total. The molecule has 0 N–H and O–H groups in total. The first-order valence-corrected chi connectivity index (χ1v) is 6.06. The molecule has 0 atom stereocenters.